The third kappa shape index (κ3) is 6.42. The first-order valence-corrected chi connectivity index (χ1v) is 6.45. The van der Waals surface area contributed by atoms with Crippen LogP contribution >= 0.6 is 0 Å². The molecule has 0 bridgehead atoms. The third-order valence-electron chi connectivity index (χ3n) is 2.68. The summed E-state index contributed by atoms with van der Waals surface area (Å²) in [5.41, 5.74) is 0. The van der Waals surface area contributed by atoms with E-state index >= 15 is 0 Å². The zero-order valence-electron chi connectivity index (χ0n) is 11.4. The minimum Gasteiger partial charge on any atom is -0.314 e. The molecule has 1 aliphatic rings. The molecule has 1 fully saturated rings. The lowest BCUT2D eigenvalue weighted by molar-refractivity contribution is 0.232. The van der Waals surface area contributed by atoms with Gasteiger partial charge in [-0.25, -0.2) is 0 Å². The largest absolute Gasteiger partial charge is 0.314 e. The molecule has 88 valence electrons. The molecule has 0 radical (unpaired) electrons. The highest BCUT2D eigenvalue weighted by Crippen LogP contribution is 2.23. The van der Waals surface area contributed by atoms with E-state index < -0.39 is 0 Å². The zero-order chi connectivity index (χ0) is 11.6. The van der Waals surface area contributed by atoms with Crippen LogP contribution in [0.2, 0.25) is 0 Å². The van der Waals surface area contributed by atoms with Crippen LogP contribution in [0.4, 0.5) is 0 Å². The minimum absolute atomic E-state index is 0.744. The summed E-state index contributed by atoms with van der Waals surface area (Å²) in [4.78, 5) is 0. The molecule has 1 saturated heterocycles. The molecule has 1 nitrogen and oxygen atoms in total. The van der Waals surface area contributed by atoms with E-state index in [1.165, 1.54) is 19.4 Å². The van der Waals surface area contributed by atoms with Crippen LogP contribution in [-0.4, -0.2) is 12.6 Å². The summed E-state index contributed by atoms with van der Waals surface area (Å²) in [6.07, 6.45) is 2.79. The lowest BCUT2D eigenvalue weighted by Crippen LogP contribution is -2.41. The Hall–Kier alpha value is -0.0400. The van der Waals surface area contributed by atoms with E-state index in [-0.39, 0.29) is 0 Å². The van der Waals surface area contributed by atoms with Crippen molar-refractivity contribution in [2.24, 2.45) is 11.8 Å². The number of hydrogen-bond donors (Lipinski definition) is 1. The topological polar surface area (TPSA) is 12.0 Å². The number of piperidine rings is 1. The minimum atomic E-state index is 0.744. The summed E-state index contributed by atoms with van der Waals surface area (Å²) in [6.45, 7) is 16.2. The van der Waals surface area contributed by atoms with E-state index in [2.05, 4.69) is 26.1 Å². The van der Waals surface area contributed by atoms with Gasteiger partial charge in [-0.15, -0.1) is 0 Å². The SMILES string of the molecule is CC.CC.CC(C)C1CCCNC1C. The van der Waals surface area contributed by atoms with Crippen LogP contribution in [0.5, 0.6) is 0 Å². The molecule has 0 spiro atoms. The van der Waals surface area contributed by atoms with Crippen molar-refractivity contribution in [3.05, 3.63) is 0 Å². The number of rotatable bonds is 1. The predicted molar refractivity (Wildman–Crippen MR) is 67.7 cm³/mol. The molecule has 0 aromatic heterocycles. The smallest absolute Gasteiger partial charge is 0.00694 e. The Morgan fingerprint density at radius 2 is 1.57 bits per heavy atom. The van der Waals surface area contributed by atoms with Gasteiger partial charge in [0.05, 0.1) is 0 Å². The van der Waals surface area contributed by atoms with Crippen molar-refractivity contribution in [1.29, 1.82) is 0 Å². The average molecular weight is 201 g/mol. The van der Waals surface area contributed by atoms with Gasteiger partial charge in [0, 0.05) is 6.04 Å². The lowest BCUT2D eigenvalue weighted by atomic mass is 9.83. The molecule has 1 N–H and O–H groups in total. The molecule has 1 heterocycles. The fraction of sp³-hybridized carbons (Fsp3) is 1.00. The van der Waals surface area contributed by atoms with Gasteiger partial charge in [0.15, 0.2) is 0 Å². The molecular weight excluding hydrogens is 170 g/mol. The van der Waals surface area contributed by atoms with E-state index in [9.17, 15) is 0 Å². The molecule has 1 aliphatic heterocycles. The summed E-state index contributed by atoms with van der Waals surface area (Å²) >= 11 is 0. The first-order valence-electron chi connectivity index (χ1n) is 6.45. The standard InChI is InChI=1S/C9H19N.2C2H6/c1-7(2)9-5-4-6-10-8(9)3;2*1-2/h7-10H,4-6H2,1-3H3;2*1-2H3. The van der Waals surface area contributed by atoms with Crippen molar-refractivity contribution in [1.82, 2.24) is 5.32 Å². The Kier molecular flexibility index (Phi) is 12.9. The first kappa shape index (κ1) is 16.4. The van der Waals surface area contributed by atoms with Crippen LogP contribution in [0.15, 0.2) is 0 Å². The van der Waals surface area contributed by atoms with Crippen molar-refractivity contribution < 1.29 is 0 Å². The molecule has 2 unspecified atom stereocenters. The second-order valence-electron chi connectivity index (χ2n) is 3.79. The van der Waals surface area contributed by atoms with E-state index in [1.807, 2.05) is 27.7 Å². The number of hydrogen-bond acceptors (Lipinski definition) is 1. The Labute approximate surface area is 91.7 Å². The molecule has 1 heteroatoms. The predicted octanol–water partition coefficient (Wildman–Crippen LogP) is 4.08. The molecule has 0 aromatic rings. The quantitative estimate of drug-likeness (QED) is 0.674. The fourth-order valence-corrected chi connectivity index (χ4v) is 1.98. The summed E-state index contributed by atoms with van der Waals surface area (Å²) in [6, 6.07) is 0.744. The highest BCUT2D eigenvalue weighted by atomic mass is 14.9. The van der Waals surface area contributed by atoms with Crippen molar-refractivity contribution in [2.45, 2.75) is 67.3 Å². The summed E-state index contributed by atoms with van der Waals surface area (Å²) < 4.78 is 0. The first-order chi connectivity index (χ1) is 6.72. The Balaban J connectivity index is 0. The summed E-state index contributed by atoms with van der Waals surface area (Å²) in [5, 5.41) is 3.51. The maximum absolute atomic E-state index is 3.51. The Bertz CT molecular complexity index is 99.4. The van der Waals surface area contributed by atoms with Gasteiger partial charge in [-0.1, -0.05) is 41.5 Å². The monoisotopic (exact) mass is 201 g/mol. The number of nitrogens with one attached hydrogen (secondary N) is 1. The molecule has 0 aromatic carbocycles. The molecular formula is C13H31N. The highest BCUT2D eigenvalue weighted by Gasteiger charge is 2.22. The highest BCUT2D eigenvalue weighted by molar-refractivity contribution is 4.79. The van der Waals surface area contributed by atoms with Gasteiger partial charge < -0.3 is 5.32 Å². The Morgan fingerprint density at radius 1 is 1.07 bits per heavy atom. The van der Waals surface area contributed by atoms with Crippen LogP contribution in [0.25, 0.3) is 0 Å². The molecule has 14 heavy (non-hydrogen) atoms. The lowest BCUT2D eigenvalue weighted by Gasteiger charge is -2.32. The zero-order valence-corrected chi connectivity index (χ0v) is 11.4. The van der Waals surface area contributed by atoms with Crippen LogP contribution in [0.3, 0.4) is 0 Å². The normalized spacial score (nSPS) is 25.7. The molecule has 0 aliphatic carbocycles. The Morgan fingerprint density at radius 3 is 1.86 bits per heavy atom. The molecule has 1 rings (SSSR count). The van der Waals surface area contributed by atoms with Crippen LogP contribution in [0, 0.1) is 11.8 Å². The van der Waals surface area contributed by atoms with E-state index in [0.29, 0.717) is 0 Å². The summed E-state index contributed by atoms with van der Waals surface area (Å²) in [7, 11) is 0. The van der Waals surface area contributed by atoms with Crippen molar-refractivity contribution in [3.8, 4) is 0 Å². The van der Waals surface area contributed by atoms with Gasteiger partial charge in [-0.05, 0) is 38.1 Å². The van der Waals surface area contributed by atoms with E-state index in [4.69, 9.17) is 0 Å². The van der Waals surface area contributed by atoms with Crippen molar-refractivity contribution >= 4 is 0 Å². The molecule has 2 atom stereocenters. The maximum atomic E-state index is 3.51. The van der Waals surface area contributed by atoms with Gasteiger partial charge in [0.2, 0.25) is 0 Å². The van der Waals surface area contributed by atoms with Crippen molar-refractivity contribution in [2.75, 3.05) is 6.54 Å². The van der Waals surface area contributed by atoms with Crippen LogP contribution in [-0.2, 0) is 0 Å². The van der Waals surface area contributed by atoms with Gasteiger partial charge in [0.1, 0.15) is 0 Å². The average Bonchev–Trinajstić information content (AvgIpc) is 2.24. The van der Waals surface area contributed by atoms with Crippen LogP contribution < -0.4 is 5.32 Å². The third-order valence-corrected chi connectivity index (χ3v) is 2.68. The molecule has 0 saturated carbocycles. The maximum Gasteiger partial charge on any atom is 0.00694 e. The van der Waals surface area contributed by atoms with E-state index in [1.54, 1.807) is 0 Å². The van der Waals surface area contributed by atoms with Crippen molar-refractivity contribution in [3.63, 3.8) is 0 Å². The van der Waals surface area contributed by atoms with Gasteiger partial charge in [-0.2, -0.15) is 0 Å². The second-order valence-corrected chi connectivity index (χ2v) is 3.79. The molecule has 0 amide bonds. The summed E-state index contributed by atoms with van der Waals surface area (Å²) in [5.74, 6) is 1.76. The van der Waals surface area contributed by atoms with Crippen LogP contribution in [0.1, 0.15) is 61.3 Å². The van der Waals surface area contributed by atoms with Gasteiger partial charge >= 0.3 is 0 Å². The van der Waals surface area contributed by atoms with E-state index in [0.717, 1.165) is 17.9 Å². The van der Waals surface area contributed by atoms with Gasteiger partial charge in [-0.3, -0.25) is 0 Å². The second kappa shape index (κ2) is 11.0. The fourth-order valence-electron chi connectivity index (χ4n) is 1.98. The van der Waals surface area contributed by atoms with Gasteiger partial charge in [0.25, 0.3) is 0 Å².